The Balaban J connectivity index is 1.69. The van der Waals surface area contributed by atoms with Crippen molar-refractivity contribution in [2.24, 2.45) is 32.4 Å². The van der Waals surface area contributed by atoms with E-state index in [4.69, 9.17) is 22.6 Å². The Bertz CT molecular complexity index is 1210. The van der Waals surface area contributed by atoms with Crippen molar-refractivity contribution in [1.29, 1.82) is 5.41 Å². The molecule has 0 aliphatic rings. The molecule has 0 atom stereocenters. The molecule has 0 fully saturated rings. The second-order valence-corrected chi connectivity index (χ2v) is 8.81. The summed E-state index contributed by atoms with van der Waals surface area (Å²) in [6.07, 6.45) is 3.98. The normalized spacial score (nSPS) is 11.5. The maximum absolute atomic E-state index is 12.3. The molecule has 2 aromatic rings. The average Bonchev–Trinajstić information content (AvgIpc) is 2.88. The van der Waals surface area contributed by atoms with Crippen molar-refractivity contribution in [3.05, 3.63) is 59.7 Å². The fraction of sp³-hybridized carbons (Fsp3) is 0.333. The molecule has 0 heterocycles. The van der Waals surface area contributed by atoms with Gasteiger partial charge in [0.1, 0.15) is 5.84 Å². The van der Waals surface area contributed by atoms with Crippen molar-refractivity contribution in [2.45, 2.75) is 52.4 Å². The Hall–Kier alpha value is -4.54. The molecule has 0 spiro atoms. The van der Waals surface area contributed by atoms with Crippen LogP contribution >= 0.6 is 0 Å². The predicted octanol–water partition coefficient (Wildman–Crippen LogP) is 3.35. The molecule has 202 valence electrons. The van der Waals surface area contributed by atoms with Crippen molar-refractivity contribution >= 4 is 46.4 Å². The van der Waals surface area contributed by atoms with Gasteiger partial charge in [0.05, 0.1) is 12.3 Å². The van der Waals surface area contributed by atoms with Gasteiger partial charge in [0, 0.05) is 29.9 Å². The molecular weight excluding hydrogens is 482 g/mol. The summed E-state index contributed by atoms with van der Waals surface area (Å²) >= 11 is 0. The van der Waals surface area contributed by atoms with E-state index in [9.17, 15) is 9.59 Å². The van der Waals surface area contributed by atoms with Crippen molar-refractivity contribution in [2.75, 3.05) is 17.2 Å². The molecule has 0 aliphatic carbocycles. The standard InChI is InChI=1S/C27H37N9O2/c1-18(32-17-24(28)29)20-9-7-11-22(15-20)33-25(37)13-5-3-4-6-14-26(38)34-23-12-8-10-21(16-23)19(2)35-36-27(30)31/h7-12,15-16H,3-6,13-14,17H2,1-2H3,(H3,28,29)(H,33,37)(H,34,38)(H4,30,31,36)/b32-18?,35-19-. The predicted molar refractivity (Wildman–Crippen MR) is 155 cm³/mol. The third kappa shape index (κ3) is 11.5. The minimum atomic E-state index is -0.122. The molecule has 11 heteroatoms. The zero-order chi connectivity index (χ0) is 27.9. The van der Waals surface area contributed by atoms with Crippen molar-refractivity contribution in [3.63, 3.8) is 0 Å². The molecule has 38 heavy (non-hydrogen) atoms. The fourth-order valence-electron chi connectivity index (χ4n) is 3.50. The van der Waals surface area contributed by atoms with Gasteiger partial charge in [-0.1, -0.05) is 37.1 Å². The van der Waals surface area contributed by atoms with E-state index in [2.05, 4.69) is 25.8 Å². The third-order valence-corrected chi connectivity index (χ3v) is 5.49. The highest BCUT2D eigenvalue weighted by molar-refractivity contribution is 6.02. The Morgan fingerprint density at radius 1 is 0.763 bits per heavy atom. The smallest absolute Gasteiger partial charge is 0.224 e. The Morgan fingerprint density at radius 2 is 1.26 bits per heavy atom. The monoisotopic (exact) mass is 519 g/mol. The maximum atomic E-state index is 12.3. The summed E-state index contributed by atoms with van der Waals surface area (Å²) in [5.74, 6) is -0.247. The number of hydrogen-bond acceptors (Lipinski definition) is 6. The minimum absolute atomic E-state index is 0.00188. The van der Waals surface area contributed by atoms with Crippen LogP contribution in [-0.4, -0.2) is 41.6 Å². The number of nitrogens with one attached hydrogen (secondary N) is 3. The lowest BCUT2D eigenvalue weighted by atomic mass is 10.1. The highest BCUT2D eigenvalue weighted by atomic mass is 16.2. The highest BCUT2D eigenvalue weighted by Gasteiger charge is 2.07. The van der Waals surface area contributed by atoms with E-state index in [1.807, 2.05) is 55.5 Å². The fourth-order valence-corrected chi connectivity index (χ4v) is 3.50. The number of nitrogens with zero attached hydrogens (tertiary/aromatic N) is 3. The van der Waals surface area contributed by atoms with Crippen LogP contribution in [0.5, 0.6) is 0 Å². The Kier molecular flexibility index (Phi) is 12.1. The highest BCUT2D eigenvalue weighted by Crippen LogP contribution is 2.15. The van der Waals surface area contributed by atoms with E-state index in [0.29, 0.717) is 29.9 Å². The van der Waals surface area contributed by atoms with Gasteiger partial charge in [0.25, 0.3) is 0 Å². The van der Waals surface area contributed by atoms with Gasteiger partial charge in [-0.25, -0.2) is 0 Å². The van der Waals surface area contributed by atoms with Gasteiger partial charge >= 0.3 is 0 Å². The number of nitrogens with two attached hydrogens (primary N) is 3. The van der Waals surface area contributed by atoms with Crippen LogP contribution in [0.1, 0.15) is 63.5 Å². The average molecular weight is 520 g/mol. The van der Waals surface area contributed by atoms with Crippen LogP contribution in [0.25, 0.3) is 0 Å². The van der Waals surface area contributed by atoms with Crippen molar-refractivity contribution < 1.29 is 9.59 Å². The number of amides is 2. The van der Waals surface area contributed by atoms with E-state index in [1.165, 1.54) is 0 Å². The van der Waals surface area contributed by atoms with E-state index >= 15 is 0 Å². The SMILES string of the molecule is CC(=NCC(=N)N)c1cccc(NC(=O)CCCCCCC(=O)Nc2cccc(/C(C)=N\N=C(N)N)c2)c1. The van der Waals surface area contributed by atoms with Gasteiger partial charge in [-0.3, -0.25) is 20.0 Å². The summed E-state index contributed by atoms with van der Waals surface area (Å²) in [5.41, 5.74) is 20.4. The quantitative estimate of drug-likeness (QED) is 0.0961. The van der Waals surface area contributed by atoms with E-state index in [0.717, 1.165) is 42.5 Å². The van der Waals surface area contributed by atoms with Gasteiger partial charge in [-0.2, -0.15) is 5.10 Å². The van der Waals surface area contributed by atoms with Crippen molar-refractivity contribution in [3.8, 4) is 0 Å². The summed E-state index contributed by atoms with van der Waals surface area (Å²) < 4.78 is 0. The number of unbranched alkanes of at least 4 members (excludes halogenated alkanes) is 3. The number of guanidine groups is 1. The Morgan fingerprint density at radius 3 is 1.74 bits per heavy atom. The third-order valence-electron chi connectivity index (χ3n) is 5.49. The second-order valence-electron chi connectivity index (χ2n) is 8.81. The number of rotatable bonds is 14. The number of carbonyl (C=O) groups is 2. The van der Waals surface area contributed by atoms with Gasteiger partial charge < -0.3 is 27.8 Å². The first kappa shape index (κ1) is 29.7. The largest absolute Gasteiger partial charge is 0.386 e. The number of hydrogen-bond donors (Lipinski definition) is 6. The number of anilines is 2. The first-order chi connectivity index (χ1) is 18.1. The molecule has 2 aromatic carbocycles. The molecule has 0 bridgehead atoms. The van der Waals surface area contributed by atoms with Crippen LogP contribution in [0.2, 0.25) is 0 Å². The van der Waals surface area contributed by atoms with Crippen LogP contribution in [0.3, 0.4) is 0 Å². The summed E-state index contributed by atoms with van der Waals surface area (Å²) in [7, 11) is 0. The van der Waals surface area contributed by atoms with E-state index < -0.39 is 0 Å². The molecule has 0 unspecified atom stereocenters. The van der Waals surface area contributed by atoms with Gasteiger partial charge in [-0.15, -0.1) is 5.10 Å². The zero-order valence-corrected chi connectivity index (χ0v) is 22.0. The number of carbonyl (C=O) groups excluding carboxylic acids is 2. The topological polar surface area (TPSA) is 197 Å². The summed E-state index contributed by atoms with van der Waals surface area (Å²) in [5, 5.41) is 20.7. The molecule has 0 saturated carbocycles. The molecule has 0 saturated heterocycles. The first-order valence-corrected chi connectivity index (χ1v) is 12.4. The van der Waals surface area contributed by atoms with Crippen LogP contribution in [-0.2, 0) is 9.59 Å². The first-order valence-electron chi connectivity index (χ1n) is 12.4. The number of amidine groups is 1. The van der Waals surface area contributed by atoms with Gasteiger partial charge in [-0.05, 0) is 62.1 Å². The van der Waals surface area contributed by atoms with Crippen LogP contribution in [0, 0.1) is 5.41 Å². The maximum Gasteiger partial charge on any atom is 0.224 e. The van der Waals surface area contributed by atoms with E-state index in [1.54, 1.807) is 6.92 Å². The molecular formula is C27H37N9O2. The number of aliphatic imine (C=N–C) groups is 1. The van der Waals surface area contributed by atoms with E-state index in [-0.39, 0.29) is 30.2 Å². The molecule has 0 aromatic heterocycles. The molecule has 0 aliphatic heterocycles. The minimum Gasteiger partial charge on any atom is -0.386 e. The summed E-state index contributed by atoms with van der Waals surface area (Å²) in [6, 6.07) is 14.7. The molecule has 2 amide bonds. The van der Waals surface area contributed by atoms with Crippen molar-refractivity contribution in [1.82, 2.24) is 0 Å². The molecule has 0 radical (unpaired) electrons. The second kappa shape index (κ2) is 15.5. The van der Waals surface area contributed by atoms with Crippen LogP contribution in [0.15, 0.2) is 63.7 Å². The lowest BCUT2D eigenvalue weighted by molar-refractivity contribution is -0.117. The summed E-state index contributed by atoms with van der Waals surface area (Å²) in [6.45, 7) is 3.77. The van der Waals surface area contributed by atoms with Gasteiger partial charge in [0.15, 0.2) is 0 Å². The zero-order valence-electron chi connectivity index (χ0n) is 22.0. The Labute approximate surface area is 223 Å². The number of benzene rings is 2. The molecule has 9 N–H and O–H groups in total. The molecule has 2 rings (SSSR count). The lowest BCUT2D eigenvalue weighted by Crippen LogP contribution is -2.22. The molecule has 11 nitrogen and oxygen atoms in total. The van der Waals surface area contributed by atoms with Gasteiger partial charge in [0.2, 0.25) is 17.8 Å². The summed E-state index contributed by atoms with van der Waals surface area (Å²) in [4.78, 5) is 28.9. The van der Waals surface area contributed by atoms with Crippen LogP contribution < -0.4 is 27.8 Å². The van der Waals surface area contributed by atoms with Crippen LogP contribution in [0.4, 0.5) is 11.4 Å². The lowest BCUT2D eigenvalue weighted by Gasteiger charge is -2.08.